The highest BCUT2D eigenvalue weighted by atomic mass is 16.5. The molecule has 0 radical (unpaired) electrons. The van der Waals surface area contributed by atoms with Crippen molar-refractivity contribution in [1.82, 2.24) is 9.55 Å². The summed E-state index contributed by atoms with van der Waals surface area (Å²) in [5, 5.41) is 0. The van der Waals surface area contributed by atoms with Gasteiger partial charge in [0.05, 0.1) is 17.6 Å². The molecule has 0 amide bonds. The second-order valence-electron chi connectivity index (χ2n) is 7.40. The molecule has 1 aromatic heterocycles. The van der Waals surface area contributed by atoms with Crippen LogP contribution in [0.2, 0.25) is 0 Å². The monoisotopic (exact) mass is 384 g/mol. The standard InChI is InChI=1S/C25H24N2O2/c1-18(2)19-12-14-21(15-13-19)29-17-25-26-22-10-6-7-11-23(22)27(25)16-24(28)20-8-4-3-5-9-20/h3-15,18H,16-17H2,1-2H3. The lowest BCUT2D eigenvalue weighted by Crippen LogP contribution is -2.14. The fourth-order valence-electron chi connectivity index (χ4n) is 3.37. The molecule has 4 nitrogen and oxygen atoms in total. The number of hydrogen-bond acceptors (Lipinski definition) is 3. The first-order chi connectivity index (χ1) is 14.1. The van der Waals surface area contributed by atoms with Crippen LogP contribution in [0.25, 0.3) is 11.0 Å². The fraction of sp³-hybridized carbons (Fsp3) is 0.200. The van der Waals surface area contributed by atoms with Crippen molar-refractivity contribution in [3.05, 3.63) is 95.8 Å². The molecular weight excluding hydrogens is 360 g/mol. The molecule has 4 rings (SSSR count). The third kappa shape index (κ3) is 4.21. The lowest BCUT2D eigenvalue weighted by atomic mass is 10.0. The van der Waals surface area contributed by atoms with Crippen molar-refractivity contribution in [2.24, 2.45) is 0 Å². The number of Topliss-reactive ketones (excluding diaryl/α,β-unsaturated/α-hetero) is 1. The van der Waals surface area contributed by atoms with Crippen LogP contribution < -0.4 is 4.74 Å². The maximum atomic E-state index is 12.8. The minimum absolute atomic E-state index is 0.0521. The van der Waals surface area contributed by atoms with Crippen LogP contribution in [0.4, 0.5) is 0 Å². The Hall–Kier alpha value is -3.40. The Morgan fingerprint density at radius 1 is 0.931 bits per heavy atom. The number of rotatable bonds is 7. The molecule has 0 N–H and O–H groups in total. The number of para-hydroxylation sites is 2. The van der Waals surface area contributed by atoms with Gasteiger partial charge in [-0.1, -0.05) is 68.4 Å². The summed E-state index contributed by atoms with van der Waals surface area (Å²) >= 11 is 0. The Morgan fingerprint density at radius 2 is 1.62 bits per heavy atom. The highest BCUT2D eigenvalue weighted by Gasteiger charge is 2.15. The molecule has 0 aliphatic rings. The average Bonchev–Trinajstić information content (AvgIpc) is 3.10. The summed E-state index contributed by atoms with van der Waals surface area (Å²) in [6, 6.07) is 25.3. The smallest absolute Gasteiger partial charge is 0.182 e. The van der Waals surface area contributed by atoms with E-state index in [1.807, 2.05) is 71.3 Å². The number of ketones is 1. The molecule has 4 heteroatoms. The zero-order chi connectivity index (χ0) is 20.2. The van der Waals surface area contributed by atoms with Crippen LogP contribution in [0.1, 0.15) is 41.5 Å². The van der Waals surface area contributed by atoms with E-state index in [2.05, 4.69) is 26.0 Å². The molecule has 0 spiro atoms. The first-order valence-electron chi connectivity index (χ1n) is 9.87. The number of imidazole rings is 1. The van der Waals surface area contributed by atoms with E-state index < -0.39 is 0 Å². The number of carbonyl (C=O) groups is 1. The molecule has 0 unspecified atom stereocenters. The largest absolute Gasteiger partial charge is 0.486 e. The molecule has 3 aromatic carbocycles. The van der Waals surface area contributed by atoms with Gasteiger partial charge < -0.3 is 9.30 Å². The van der Waals surface area contributed by atoms with Crippen LogP contribution in [0, 0.1) is 0 Å². The van der Waals surface area contributed by atoms with Gasteiger partial charge in [0.25, 0.3) is 0 Å². The Labute approximate surface area is 170 Å². The number of carbonyl (C=O) groups excluding carboxylic acids is 1. The second kappa shape index (κ2) is 8.31. The topological polar surface area (TPSA) is 44.1 Å². The molecule has 0 saturated heterocycles. The molecule has 29 heavy (non-hydrogen) atoms. The first kappa shape index (κ1) is 18.9. The van der Waals surface area contributed by atoms with Crippen molar-refractivity contribution in [3.63, 3.8) is 0 Å². The first-order valence-corrected chi connectivity index (χ1v) is 9.87. The molecule has 0 saturated carbocycles. The summed E-state index contributed by atoms with van der Waals surface area (Å²) in [6.45, 7) is 4.87. The maximum absolute atomic E-state index is 12.8. The van der Waals surface area contributed by atoms with E-state index in [0.29, 0.717) is 18.1 Å². The van der Waals surface area contributed by atoms with Crippen molar-refractivity contribution in [1.29, 1.82) is 0 Å². The molecule has 0 aliphatic carbocycles. The maximum Gasteiger partial charge on any atom is 0.182 e. The van der Waals surface area contributed by atoms with Gasteiger partial charge >= 0.3 is 0 Å². The van der Waals surface area contributed by atoms with Gasteiger partial charge in [-0.25, -0.2) is 4.98 Å². The quantitative estimate of drug-likeness (QED) is 0.388. The lowest BCUT2D eigenvalue weighted by molar-refractivity contribution is 0.0971. The van der Waals surface area contributed by atoms with Gasteiger partial charge in [0.15, 0.2) is 5.78 Å². The van der Waals surface area contributed by atoms with Gasteiger partial charge in [0, 0.05) is 5.56 Å². The van der Waals surface area contributed by atoms with Crippen LogP contribution in [0.3, 0.4) is 0 Å². The van der Waals surface area contributed by atoms with E-state index in [0.717, 1.165) is 22.6 Å². The molecule has 0 bridgehead atoms. The van der Waals surface area contributed by atoms with Gasteiger partial charge in [-0.05, 0) is 35.7 Å². The van der Waals surface area contributed by atoms with Gasteiger partial charge in [-0.15, -0.1) is 0 Å². The van der Waals surface area contributed by atoms with Crippen molar-refractivity contribution in [2.75, 3.05) is 0 Å². The van der Waals surface area contributed by atoms with E-state index >= 15 is 0 Å². The molecule has 146 valence electrons. The summed E-state index contributed by atoms with van der Waals surface area (Å²) in [5.41, 5.74) is 3.77. The average molecular weight is 384 g/mol. The highest BCUT2D eigenvalue weighted by Crippen LogP contribution is 2.21. The van der Waals surface area contributed by atoms with Crippen molar-refractivity contribution >= 4 is 16.8 Å². The predicted octanol–water partition coefficient (Wildman–Crippen LogP) is 5.62. The van der Waals surface area contributed by atoms with Crippen LogP contribution in [0.15, 0.2) is 78.9 Å². The zero-order valence-corrected chi connectivity index (χ0v) is 16.7. The van der Waals surface area contributed by atoms with Gasteiger partial charge in [-0.3, -0.25) is 4.79 Å². The normalized spacial score (nSPS) is 11.1. The molecule has 0 aliphatic heterocycles. The Balaban J connectivity index is 1.58. The fourth-order valence-corrected chi connectivity index (χ4v) is 3.37. The number of benzene rings is 3. The number of hydrogen-bond donors (Lipinski definition) is 0. The van der Waals surface area contributed by atoms with Crippen LogP contribution in [0.5, 0.6) is 5.75 Å². The Morgan fingerprint density at radius 3 is 2.34 bits per heavy atom. The summed E-state index contributed by atoms with van der Waals surface area (Å²) in [4.78, 5) is 17.5. The summed E-state index contributed by atoms with van der Waals surface area (Å²) in [5.74, 6) is 2.07. The SMILES string of the molecule is CC(C)c1ccc(OCc2nc3ccccc3n2CC(=O)c2ccccc2)cc1. The molecule has 4 aromatic rings. The lowest BCUT2D eigenvalue weighted by Gasteiger charge is -2.11. The van der Waals surface area contributed by atoms with Crippen LogP contribution >= 0.6 is 0 Å². The van der Waals surface area contributed by atoms with Gasteiger partial charge in [-0.2, -0.15) is 0 Å². The second-order valence-corrected chi connectivity index (χ2v) is 7.40. The molecule has 1 heterocycles. The third-order valence-electron chi connectivity index (χ3n) is 5.05. The van der Waals surface area contributed by atoms with E-state index in [4.69, 9.17) is 9.72 Å². The Bertz CT molecular complexity index is 1110. The van der Waals surface area contributed by atoms with Crippen molar-refractivity contribution in [3.8, 4) is 5.75 Å². The summed E-state index contributed by atoms with van der Waals surface area (Å²) < 4.78 is 7.94. The number of nitrogens with zero attached hydrogens (tertiary/aromatic N) is 2. The van der Waals surface area contributed by atoms with Gasteiger partial charge in [0.2, 0.25) is 0 Å². The zero-order valence-electron chi connectivity index (χ0n) is 16.7. The number of fused-ring (bicyclic) bond motifs is 1. The number of aromatic nitrogens is 2. The van der Waals surface area contributed by atoms with E-state index in [1.165, 1.54) is 5.56 Å². The van der Waals surface area contributed by atoms with E-state index in [1.54, 1.807) is 0 Å². The Kier molecular flexibility index (Phi) is 5.43. The van der Waals surface area contributed by atoms with Gasteiger partial charge in [0.1, 0.15) is 18.2 Å². The molecular formula is C25H24N2O2. The third-order valence-corrected chi connectivity index (χ3v) is 5.05. The summed E-state index contributed by atoms with van der Waals surface area (Å²) in [6.07, 6.45) is 0. The predicted molar refractivity (Wildman–Crippen MR) is 115 cm³/mol. The van der Waals surface area contributed by atoms with Crippen LogP contribution in [-0.4, -0.2) is 15.3 Å². The minimum atomic E-state index is 0.0521. The van der Waals surface area contributed by atoms with Crippen molar-refractivity contribution in [2.45, 2.75) is 32.9 Å². The molecule has 0 atom stereocenters. The van der Waals surface area contributed by atoms with E-state index in [9.17, 15) is 4.79 Å². The number of ether oxygens (including phenoxy) is 1. The minimum Gasteiger partial charge on any atom is -0.486 e. The summed E-state index contributed by atoms with van der Waals surface area (Å²) in [7, 11) is 0. The highest BCUT2D eigenvalue weighted by molar-refractivity contribution is 5.96. The van der Waals surface area contributed by atoms with Crippen molar-refractivity contribution < 1.29 is 9.53 Å². The van der Waals surface area contributed by atoms with E-state index in [-0.39, 0.29) is 12.3 Å². The molecule has 0 fully saturated rings. The van der Waals surface area contributed by atoms with Crippen LogP contribution in [-0.2, 0) is 13.2 Å².